The average Bonchev–Trinajstić information content (AvgIpc) is 1.96. The molecule has 0 bridgehead atoms. The summed E-state index contributed by atoms with van der Waals surface area (Å²) < 4.78 is 0. The Bertz CT molecular complexity index is 140. The molecular weight excluding hydrogens is 124 g/mol. The fourth-order valence-electron chi connectivity index (χ4n) is 1.40. The van der Waals surface area contributed by atoms with Gasteiger partial charge in [0.2, 0.25) is 0 Å². The van der Waals surface area contributed by atoms with Crippen LogP contribution in [-0.2, 0) is 0 Å². The molecule has 0 aliphatic heterocycles. The topological polar surface area (TPSA) is 20.2 Å². The van der Waals surface area contributed by atoms with E-state index < -0.39 is 0 Å². The van der Waals surface area contributed by atoms with E-state index in [-0.39, 0.29) is 5.41 Å². The lowest BCUT2D eigenvalue weighted by molar-refractivity contribution is 0.0930. The van der Waals surface area contributed by atoms with Gasteiger partial charge in [-0.15, -0.1) is 0 Å². The van der Waals surface area contributed by atoms with Crippen LogP contribution < -0.4 is 0 Å². The van der Waals surface area contributed by atoms with E-state index in [0.717, 1.165) is 12.8 Å². The lowest BCUT2D eigenvalue weighted by Gasteiger charge is -2.34. The van der Waals surface area contributed by atoms with E-state index in [1.165, 1.54) is 0 Å². The zero-order valence-corrected chi connectivity index (χ0v) is 6.80. The van der Waals surface area contributed by atoms with Gasteiger partial charge < -0.3 is 5.11 Å². The molecule has 0 fully saturated rings. The summed E-state index contributed by atoms with van der Waals surface area (Å²) in [5.41, 5.74) is 0.148. The third-order valence-corrected chi connectivity index (χ3v) is 2.77. The Morgan fingerprint density at radius 2 is 2.40 bits per heavy atom. The molecule has 10 heavy (non-hydrogen) atoms. The molecule has 2 atom stereocenters. The summed E-state index contributed by atoms with van der Waals surface area (Å²) in [5.74, 6) is 0.534. The van der Waals surface area contributed by atoms with Crippen molar-refractivity contribution in [3.63, 3.8) is 0 Å². The molecule has 58 valence electrons. The SMILES string of the molecule is C[C@H]1C=CCC[C@@]1(C)CO. The number of rotatable bonds is 1. The fourth-order valence-corrected chi connectivity index (χ4v) is 1.40. The molecule has 0 aromatic rings. The molecule has 1 heteroatoms. The van der Waals surface area contributed by atoms with Crippen LogP contribution in [0, 0.1) is 11.3 Å². The highest BCUT2D eigenvalue weighted by Gasteiger charge is 2.29. The highest BCUT2D eigenvalue weighted by molar-refractivity contribution is 5.00. The maximum atomic E-state index is 9.09. The van der Waals surface area contributed by atoms with E-state index in [1.807, 2.05) is 0 Å². The van der Waals surface area contributed by atoms with E-state index in [0.29, 0.717) is 12.5 Å². The molecule has 1 N–H and O–H groups in total. The largest absolute Gasteiger partial charge is 0.396 e. The molecule has 0 unspecified atom stereocenters. The molecular formula is C9H16O. The third-order valence-electron chi connectivity index (χ3n) is 2.77. The van der Waals surface area contributed by atoms with E-state index in [2.05, 4.69) is 26.0 Å². The Labute approximate surface area is 62.8 Å². The molecule has 1 rings (SSSR count). The Morgan fingerprint density at radius 3 is 2.80 bits per heavy atom. The number of allylic oxidation sites excluding steroid dienone is 2. The lowest BCUT2D eigenvalue weighted by Crippen LogP contribution is -2.30. The molecule has 0 heterocycles. The minimum absolute atomic E-state index is 0.148. The van der Waals surface area contributed by atoms with E-state index in [9.17, 15) is 0 Å². The molecule has 0 aromatic heterocycles. The molecule has 0 amide bonds. The Hall–Kier alpha value is -0.300. The van der Waals surface area contributed by atoms with Gasteiger partial charge in [0.05, 0.1) is 0 Å². The third kappa shape index (κ3) is 1.24. The van der Waals surface area contributed by atoms with Crippen LogP contribution in [0.15, 0.2) is 12.2 Å². The van der Waals surface area contributed by atoms with Gasteiger partial charge in [-0.2, -0.15) is 0 Å². The molecule has 1 aliphatic rings. The van der Waals surface area contributed by atoms with Crippen molar-refractivity contribution in [2.75, 3.05) is 6.61 Å². The number of hydrogen-bond acceptors (Lipinski definition) is 1. The molecule has 0 aromatic carbocycles. The second kappa shape index (κ2) is 2.75. The van der Waals surface area contributed by atoms with Crippen molar-refractivity contribution in [2.45, 2.75) is 26.7 Å². The van der Waals surface area contributed by atoms with Gasteiger partial charge in [-0.05, 0) is 24.2 Å². The van der Waals surface area contributed by atoms with Crippen LogP contribution in [0.5, 0.6) is 0 Å². The number of aliphatic hydroxyl groups is 1. The van der Waals surface area contributed by atoms with Crippen LogP contribution in [0.1, 0.15) is 26.7 Å². The first-order valence-corrected chi connectivity index (χ1v) is 3.96. The minimum Gasteiger partial charge on any atom is -0.396 e. The summed E-state index contributed by atoms with van der Waals surface area (Å²) >= 11 is 0. The van der Waals surface area contributed by atoms with Gasteiger partial charge in [0.25, 0.3) is 0 Å². The second-order valence-corrected chi connectivity index (χ2v) is 3.57. The normalized spacial score (nSPS) is 40.1. The summed E-state index contributed by atoms with van der Waals surface area (Å²) in [5, 5.41) is 9.09. The van der Waals surface area contributed by atoms with Gasteiger partial charge >= 0.3 is 0 Å². The van der Waals surface area contributed by atoms with Crippen LogP contribution in [-0.4, -0.2) is 11.7 Å². The first-order chi connectivity index (χ1) is 4.69. The van der Waals surface area contributed by atoms with Crippen LogP contribution in [0.4, 0.5) is 0 Å². The van der Waals surface area contributed by atoms with Gasteiger partial charge in [-0.25, -0.2) is 0 Å². The highest BCUT2D eigenvalue weighted by atomic mass is 16.3. The molecule has 0 saturated carbocycles. The Morgan fingerprint density at radius 1 is 1.70 bits per heavy atom. The minimum atomic E-state index is 0.148. The molecule has 0 radical (unpaired) electrons. The van der Waals surface area contributed by atoms with Gasteiger partial charge in [-0.1, -0.05) is 26.0 Å². The smallest absolute Gasteiger partial charge is 0.0490 e. The van der Waals surface area contributed by atoms with Crippen LogP contribution in [0.3, 0.4) is 0 Å². The van der Waals surface area contributed by atoms with Crippen molar-refractivity contribution in [3.05, 3.63) is 12.2 Å². The standard InChI is InChI=1S/C9H16O/c1-8-5-3-4-6-9(8,2)7-10/h3,5,8,10H,4,6-7H2,1-2H3/t8-,9-/m0/s1. The van der Waals surface area contributed by atoms with Gasteiger partial charge in [0.1, 0.15) is 0 Å². The van der Waals surface area contributed by atoms with Crippen molar-refractivity contribution in [1.29, 1.82) is 0 Å². The zero-order chi connectivity index (χ0) is 7.61. The monoisotopic (exact) mass is 140 g/mol. The molecule has 1 nitrogen and oxygen atoms in total. The maximum absolute atomic E-state index is 9.09. The first-order valence-electron chi connectivity index (χ1n) is 3.96. The molecule has 1 aliphatic carbocycles. The van der Waals surface area contributed by atoms with Crippen molar-refractivity contribution >= 4 is 0 Å². The Balaban J connectivity index is 2.67. The predicted molar refractivity (Wildman–Crippen MR) is 42.7 cm³/mol. The van der Waals surface area contributed by atoms with Gasteiger partial charge in [-0.3, -0.25) is 0 Å². The van der Waals surface area contributed by atoms with E-state index in [4.69, 9.17) is 5.11 Å². The zero-order valence-electron chi connectivity index (χ0n) is 6.80. The number of aliphatic hydroxyl groups excluding tert-OH is 1. The van der Waals surface area contributed by atoms with Crippen LogP contribution >= 0.6 is 0 Å². The van der Waals surface area contributed by atoms with Gasteiger partial charge in [0.15, 0.2) is 0 Å². The first kappa shape index (κ1) is 7.80. The van der Waals surface area contributed by atoms with Crippen LogP contribution in [0.2, 0.25) is 0 Å². The quantitative estimate of drug-likeness (QED) is 0.552. The summed E-state index contributed by atoms with van der Waals surface area (Å²) in [6.45, 7) is 4.64. The summed E-state index contributed by atoms with van der Waals surface area (Å²) in [4.78, 5) is 0. The maximum Gasteiger partial charge on any atom is 0.0490 e. The molecule has 0 spiro atoms. The van der Waals surface area contributed by atoms with E-state index in [1.54, 1.807) is 0 Å². The van der Waals surface area contributed by atoms with E-state index >= 15 is 0 Å². The Kier molecular flexibility index (Phi) is 2.14. The summed E-state index contributed by atoms with van der Waals surface area (Å²) in [6, 6.07) is 0. The summed E-state index contributed by atoms with van der Waals surface area (Å²) in [6.07, 6.45) is 6.67. The van der Waals surface area contributed by atoms with Crippen molar-refractivity contribution in [2.24, 2.45) is 11.3 Å². The van der Waals surface area contributed by atoms with Crippen molar-refractivity contribution < 1.29 is 5.11 Å². The molecule has 0 saturated heterocycles. The van der Waals surface area contributed by atoms with Gasteiger partial charge in [0, 0.05) is 6.61 Å². The van der Waals surface area contributed by atoms with Crippen LogP contribution in [0.25, 0.3) is 0 Å². The second-order valence-electron chi connectivity index (χ2n) is 3.57. The average molecular weight is 140 g/mol. The predicted octanol–water partition coefficient (Wildman–Crippen LogP) is 1.97. The summed E-state index contributed by atoms with van der Waals surface area (Å²) in [7, 11) is 0. The lowest BCUT2D eigenvalue weighted by atomic mass is 9.72. The van der Waals surface area contributed by atoms with Crippen molar-refractivity contribution in [1.82, 2.24) is 0 Å². The number of hydrogen-bond donors (Lipinski definition) is 1. The van der Waals surface area contributed by atoms with Crippen molar-refractivity contribution in [3.8, 4) is 0 Å². The highest BCUT2D eigenvalue weighted by Crippen LogP contribution is 2.36. The fraction of sp³-hybridized carbons (Fsp3) is 0.778.